The first kappa shape index (κ1) is 18.0. The van der Waals surface area contributed by atoms with Gasteiger partial charge in [0.1, 0.15) is 5.75 Å². The van der Waals surface area contributed by atoms with Gasteiger partial charge in [-0.2, -0.15) is 0 Å². The maximum atomic E-state index is 5.83. The van der Waals surface area contributed by atoms with E-state index in [0.717, 1.165) is 38.3 Å². The van der Waals surface area contributed by atoms with E-state index in [4.69, 9.17) is 9.47 Å². The van der Waals surface area contributed by atoms with Crippen molar-refractivity contribution in [2.24, 2.45) is 0 Å². The molecule has 0 aliphatic rings. The van der Waals surface area contributed by atoms with Crippen molar-refractivity contribution in [2.75, 3.05) is 26.4 Å². The van der Waals surface area contributed by atoms with Crippen LogP contribution in [0.2, 0.25) is 0 Å². The Balaban J connectivity index is 2.50. The summed E-state index contributed by atoms with van der Waals surface area (Å²) in [5.74, 6) is 0.930. The second-order valence-corrected chi connectivity index (χ2v) is 5.29. The van der Waals surface area contributed by atoms with Gasteiger partial charge in [0.15, 0.2) is 0 Å². The van der Waals surface area contributed by atoms with Crippen molar-refractivity contribution in [3.05, 3.63) is 29.8 Å². The third-order valence-electron chi connectivity index (χ3n) is 3.41. The van der Waals surface area contributed by atoms with Gasteiger partial charge in [0.05, 0.1) is 19.3 Å². The van der Waals surface area contributed by atoms with Crippen LogP contribution in [0.4, 0.5) is 0 Å². The number of unbranched alkanes of at least 4 members (excludes halogenated alkanes) is 2. The average molecular weight is 293 g/mol. The van der Waals surface area contributed by atoms with E-state index in [1.165, 1.54) is 18.4 Å². The molecule has 3 nitrogen and oxygen atoms in total. The molecule has 3 heteroatoms. The first-order chi connectivity index (χ1) is 10.3. The molecule has 0 aromatic heterocycles. The maximum Gasteiger partial charge on any atom is 0.119 e. The molecule has 1 atom stereocenters. The lowest BCUT2D eigenvalue weighted by Crippen LogP contribution is -2.26. The summed E-state index contributed by atoms with van der Waals surface area (Å²) in [5.41, 5.74) is 1.27. The fourth-order valence-electron chi connectivity index (χ4n) is 2.21. The predicted octanol–water partition coefficient (Wildman–Crippen LogP) is 4.33. The van der Waals surface area contributed by atoms with Crippen LogP contribution in [0.25, 0.3) is 0 Å². The Morgan fingerprint density at radius 2 is 1.76 bits per heavy atom. The van der Waals surface area contributed by atoms with Crippen LogP contribution in [0, 0.1) is 0 Å². The van der Waals surface area contributed by atoms with Crippen molar-refractivity contribution < 1.29 is 9.47 Å². The fraction of sp³-hybridized carbons (Fsp3) is 0.667. The second-order valence-electron chi connectivity index (χ2n) is 5.29. The van der Waals surface area contributed by atoms with Crippen molar-refractivity contribution >= 4 is 0 Å². The Labute approximate surface area is 130 Å². The van der Waals surface area contributed by atoms with Gasteiger partial charge >= 0.3 is 0 Å². The largest absolute Gasteiger partial charge is 0.494 e. The molecule has 0 radical (unpaired) electrons. The normalized spacial score (nSPS) is 12.3. The molecular formula is C18H31NO2. The summed E-state index contributed by atoms with van der Waals surface area (Å²) in [4.78, 5) is 0. The average Bonchev–Trinajstić information content (AvgIpc) is 2.51. The fourth-order valence-corrected chi connectivity index (χ4v) is 2.21. The Kier molecular flexibility index (Phi) is 9.92. The van der Waals surface area contributed by atoms with Crippen molar-refractivity contribution in [3.8, 4) is 5.75 Å². The maximum absolute atomic E-state index is 5.83. The van der Waals surface area contributed by atoms with Gasteiger partial charge in [-0.1, -0.05) is 38.8 Å². The monoisotopic (exact) mass is 293 g/mol. The molecule has 0 saturated heterocycles. The Hall–Kier alpha value is -1.06. The summed E-state index contributed by atoms with van der Waals surface area (Å²) < 4.78 is 11.3. The van der Waals surface area contributed by atoms with Crippen molar-refractivity contribution in [1.29, 1.82) is 0 Å². The first-order valence-electron chi connectivity index (χ1n) is 8.35. The van der Waals surface area contributed by atoms with Gasteiger partial charge < -0.3 is 14.8 Å². The molecule has 0 saturated carbocycles. The zero-order chi connectivity index (χ0) is 15.3. The van der Waals surface area contributed by atoms with Crippen LogP contribution >= 0.6 is 0 Å². The van der Waals surface area contributed by atoms with E-state index in [0.29, 0.717) is 6.61 Å². The molecule has 1 unspecified atom stereocenters. The van der Waals surface area contributed by atoms with E-state index < -0.39 is 0 Å². The summed E-state index contributed by atoms with van der Waals surface area (Å²) in [5, 5.41) is 3.56. The molecule has 1 N–H and O–H groups in total. The van der Waals surface area contributed by atoms with Gasteiger partial charge in [-0.15, -0.1) is 0 Å². The zero-order valence-electron chi connectivity index (χ0n) is 13.9. The highest BCUT2D eigenvalue weighted by Gasteiger charge is 2.11. The van der Waals surface area contributed by atoms with Crippen LogP contribution in [0.3, 0.4) is 0 Å². The molecule has 21 heavy (non-hydrogen) atoms. The molecule has 1 aromatic carbocycles. The number of nitrogens with one attached hydrogen (secondary N) is 1. The minimum atomic E-state index is 0.266. The summed E-state index contributed by atoms with van der Waals surface area (Å²) >= 11 is 0. The highest BCUT2D eigenvalue weighted by molar-refractivity contribution is 5.29. The van der Waals surface area contributed by atoms with E-state index in [1.807, 2.05) is 19.1 Å². The number of hydrogen-bond donors (Lipinski definition) is 1. The molecule has 1 rings (SSSR count). The van der Waals surface area contributed by atoms with Gasteiger partial charge in [-0.25, -0.2) is 0 Å². The Bertz CT molecular complexity index is 351. The number of hydrogen-bond acceptors (Lipinski definition) is 3. The molecule has 0 aliphatic heterocycles. The highest BCUT2D eigenvalue weighted by Crippen LogP contribution is 2.18. The zero-order valence-corrected chi connectivity index (χ0v) is 13.9. The predicted molar refractivity (Wildman–Crippen MR) is 89.0 cm³/mol. The number of benzene rings is 1. The summed E-state index contributed by atoms with van der Waals surface area (Å²) in [7, 11) is 0. The number of ether oxygens (including phenoxy) is 2. The third kappa shape index (κ3) is 7.49. The van der Waals surface area contributed by atoms with Gasteiger partial charge in [-0.05, 0) is 44.0 Å². The lowest BCUT2D eigenvalue weighted by atomic mass is 10.1. The van der Waals surface area contributed by atoms with Crippen LogP contribution in [-0.4, -0.2) is 26.4 Å². The SMILES string of the molecule is CCCCCOCC(NCCC)c1ccc(OCC)cc1. The van der Waals surface area contributed by atoms with E-state index in [2.05, 4.69) is 31.3 Å². The van der Waals surface area contributed by atoms with Crippen molar-refractivity contribution in [3.63, 3.8) is 0 Å². The van der Waals surface area contributed by atoms with E-state index in [1.54, 1.807) is 0 Å². The Morgan fingerprint density at radius 3 is 2.38 bits per heavy atom. The van der Waals surface area contributed by atoms with Crippen LogP contribution in [-0.2, 0) is 4.74 Å². The molecule has 0 aliphatic carbocycles. The molecule has 1 aromatic rings. The third-order valence-corrected chi connectivity index (χ3v) is 3.41. The van der Waals surface area contributed by atoms with Crippen LogP contribution < -0.4 is 10.1 Å². The lowest BCUT2D eigenvalue weighted by molar-refractivity contribution is 0.108. The topological polar surface area (TPSA) is 30.5 Å². The smallest absolute Gasteiger partial charge is 0.119 e. The summed E-state index contributed by atoms with van der Waals surface area (Å²) in [6.07, 6.45) is 4.76. The second kappa shape index (κ2) is 11.6. The molecule has 120 valence electrons. The summed E-state index contributed by atoms with van der Waals surface area (Å²) in [6, 6.07) is 8.61. The minimum Gasteiger partial charge on any atom is -0.494 e. The molecule has 0 amide bonds. The van der Waals surface area contributed by atoms with E-state index in [-0.39, 0.29) is 6.04 Å². The van der Waals surface area contributed by atoms with E-state index >= 15 is 0 Å². The first-order valence-corrected chi connectivity index (χ1v) is 8.35. The highest BCUT2D eigenvalue weighted by atomic mass is 16.5. The van der Waals surface area contributed by atoms with Crippen LogP contribution in [0.15, 0.2) is 24.3 Å². The molecular weight excluding hydrogens is 262 g/mol. The van der Waals surface area contributed by atoms with Gasteiger partial charge in [0, 0.05) is 6.61 Å². The van der Waals surface area contributed by atoms with Gasteiger partial charge in [0.2, 0.25) is 0 Å². The van der Waals surface area contributed by atoms with E-state index in [9.17, 15) is 0 Å². The molecule has 0 fully saturated rings. The van der Waals surface area contributed by atoms with Gasteiger partial charge in [-0.3, -0.25) is 0 Å². The van der Waals surface area contributed by atoms with Crippen molar-refractivity contribution in [1.82, 2.24) is 5.32 Å². The van der Waals surface area contributed by atoms with Gasteiger partial charge in [0.25, 0.3) is 0 Å². The quantitative estimate of drug-likeness (QED) is 0.582. The van der Waals surface area contributed by atoms with Crippen LogP contribution in [0.1, 0.15) is 58.1 Å². The Morgan fingerprint density at radius 1 is 1.00 bits per heavy atom. The van der Waals surface area contributed by atoms with Crippen LogP contribution in [0.5, 0.6) is 5.75 Å². The standard InChI is InChI=1S/C18H31NO2/c1-4-7-8-14-20-15-18(19-13-5-2)16-9-11-17(12-10-16)21-6-3/h9-12,18-19H,4-8,13-15H2,1-3H3. The lowest BCUT2D eigenvalue weighted by Gasteiger charge is -2.19. The molecule has 0 bridgehead atoms. The van der Waals surface area contributed by atoms with Crippen molar-refractivity contribution in [2.45, 2.75) is 52.5 Å². The molecule has 0 spiro atoms. The minimum absolute atomic E-state index is 0.266. The number of rotatable bonds is 12. The molecule has 0 heterocycles. The summed E-state index contributed by atoms with van der Waals surface area (Å²) in [6.45, 7) is 9.71.